The third-order valence-corrected chi connectivity index (χ3v) is 3.79. The third-order valence-electron chi connectivity index (χ3n) is 3.79. The van der Waals surface area contributed by atoms with Crippen LogP contribution >= 0.6 is 0 Å². The van der Waals surface area contributed by atoms with E-state index in [0.29, 0.717) is 24.1 Å². The number of carbonyl (C=O) groups is 2. The zero-order chi connectivity index (χ0) is 17.1. The van der Waals surface area contributed by atoms with Crippen LogP contribution < -0.4 is 5.73 Å². The molecule has 0 spiro atoms. The Bertz CT molecular complexity index is 785. The molecule has 0 saturated heterocycles. The Morgan fingerprint density at radius 2 is 1.96 bits per heavy atom. The molecule has 6 nitrogen and oxygen atoms in total. The summed E-state index contributed by atoms with van der Waals surface area (Å²) in [5, 5.41) is 9.57. The molecule has 1 heterocycles. The monoisotopic (exact) mass is 316 g/mol. The molecule has 1 aromatic heterocycles. The lowest BCUT2D eigenvalue weighted by Gasteiger charge is -2.16. The number of anilines is 1. The van der Waals surface area contributed by atoms with Gasteiger partial charge in [-0.25, -0.2) is 4.79 Å². The molecular formula is C17H20N2O4. The molecule has 122 valence electrons. The van der Waals surface area contributed by atoms with E-state index in [1.54, 1.807) is 29.2 Å². The maximum atomic E-state index is 12.1. The highest BCUT2D eigenvalue weighted by atomic mass is 16.4. The van der Waals surface area contributed by atoms with Crippen molar-refractivity contribution in [2.24, 2.45) is 0 Å². The number of amides is 1. The lowest BCUT2D eigenvalue weighted by Crippen LogP contribution is -2.28. The lowest BCUT2D eigenvalue weighted by molar-refractivity contribution is -0.125. The minimum absolute atomic E-state index is 0.0565. The van der Waals surface area contributed by atoms with Gasteiger partial charge in [0.25, 0.3) is 0 Å². The van der Waals surface area contributed by atoms with Crippen molar-refractivity contribution in [1.82, 2.24) is 4.90 Å². The van der Waals surface area contributed by atoms with E-state index in [4.69, 9.17) is 15.3 Å². The lowest BCUT2D eigenvalue weighted by atomic mass is 10.0. The summed E-state index contributed by atoms with van der Waals surface area (Å²) >= 11 is 0. The molecule has 0 atom stereocenters. The van der Waals surface area contributed by atoms with E-state index in [9.17, 15) is 9.59 Å². The zero-order valence-corrected chi connectivity index (χ0v) is 13.4. The number of hydrogen-bond donors (Lipinski definition) is 2. The number of fused-ring (bicyclic) bond motifs is 1. The molecule has 0 unspecified atom stereocenters. The first-order chi connectivity index (χ1) is 10.9. The number of furan rings is 1. The number of rotatable bonds is 5. The molecule has 2 rings (SSSR count). The van der Waals surface area contributed by atoms with Crippen molar-refractivity contribution in [3.8, 4) is 0 Å². The van der Waals surface area contributed by atoms with E-state index in [1.165, 1.54) is 0 Å². The normalized spacial score (nSPS) is 11.7. The second-order valence-corrected chi connectivity index (χ2v) is 5.20. The number of carbonyl (C=O) groups excluding carboxylic acids is 1. The van der Waals surface area contributed by atoms with Crippen molar-refractivity contribution in [1.29, 1.82) is 0 Å². The number of carboxylic acids is 1. The van der Waals surface area contributed by atoms with Gasteiger partial charge >= 0.3 is 5.97 Å². The molecule has 0 aliphatic rings. The van der Waals surface area contributed by atoms with E-state index in [2.05, 4.69) is 0 Å². The quantitative estimate of drug-likeness (QED) is 0.827. The van der Waals surface area contributed by atoms with Crippen molar-refractivity contribution >= 4 is 34.1 Å². The van der Waals surface area contributed by atoms with Gasteiger partial charge in [-0.05, 0) is 44.0 Å². The van der Waals surface area contributed by atoms with E-state index < -0.39 is 5.97 Å². The van der Waals surface area contributed by atoms with Gasteiger partial charge in [-0.3, -0.25) is 4.79 Å². The Hall–Kier alpha value is -2.76. The van der Waals surface area contributed by atoms with Gasteiger partial charge in [0.2, 0.25) is 11.7 Å². The first-order valence-electron chi connectivity index (χ1n) is 7.41. The molecule has 0 radical (unpaired) electrons. The van der Waals surface area contributed by atoms with Gasteiger partial charge in [0.05, 0.1) is 5.69 Å². The van der Waals surface area contributed by atoms with Crippen LogP contribution in [0.5, 0.6) is 0 Å². The van der Waals surface area contributed by atoms with Crippen molar-refractivity contribution in [3.63, 3.8) is 0 Å². The van der Waals surface area contributed by atoms with Gasteiger partial charge in [-0.2, -0.15) is 0 Å². The van der Waals surface area contributed by atoms with Crippen LogP contribution in [0, 0.1) is 0 Å². The molecule has 1 amide bonds. The van der Waals surface area contributed by atoms with Crippen LogP contribution in [0.1, 0.15) is 36.9 Å². The van der Waals surface area contributed by atoms with Crippen LogP contribution in [0.3, 0.4) is 0 Å². The van der Waals surface area contributed by atoms with Gasteiger partial charge in [0.1, 0.15) is 5.58 Å². The molecule has 0 saturated carbocycles. The van der Waals surface area contributed by atoms with E-state index in [0.717, 1.165) is 11.1 Å². The Morgan fingerprint density at radius 3 is 2.52 bits per heavy atom. The smallest absolute Gasteiger partial charge is 0.374 e. The third kappa shape index (κ3) is 3.21. The zero-order valence-electron chi connectivity index (χ0n) is 13.4. The fraction of sp³-hybridized carbons (Fsp3) is 0.294. The Morgan fingerprint density at radius 1 is 1.30 bits per heavy atom. The first-order valence-corrected chi connectivity index (χ1v) is 7.41. The number of hydrogen-bond acceptors (Lipinski definition) is 4. The standard InChI is InChI=1S/C17H20N2O4/c1-4-19(5-2)14(20)8-10(3)11-6-7-13-12(9-11)15(18)16(23-13)17(21)22/h6-9H,4-5,18H2,1-3H3,(H,21,22)/b10-8+. The van der Waals surface area contributed by atoms with E-state index in [1.807, 2.05) is 20.8 Å². The highest BCUT2D eigenvalue weighted by molar-refractivity contribution is 6.04. The molecule has 3 N–H and O–H groups in total. The number of nitrogens with zero attached hydrogens (tertiary/aromatic N) is 1. The number of likely N-dealkylation sites (N-methyl/N-ethyl adjacent to an activating group) is 1. The van der Waals surface area contributed by atoms with Crippen molar-refractivity contribution in [2.75, 3.05) is 18.8 Å². The van der Waals surface area contributed by atoms with E-state index in [-0.39, 0.29) is 17.4 Å². The largest absolute Gasteiger partial charge is 0.475 e. The molecule has 0 aliphatic carbocycles. The average molecular weight is 316 g/mol. The molecule has 1 aromatic carbocycles. The molecule has 0 fully saturated rings. The van der Waals surface area contributed by atoms with Gasteiger partial charge in [-0.15, -0.1) is 0 Å². The second-order valence-electron chi connectivity index (χ2n) is 5.20. The fourth-order valence-corrected chi connectivity index (χ4v) is 2.42. The molecule has 0 aliphatic heterocycles. The Balaban J connectivity index is 2.42. The SMILES string of the molecule is CCN(CC)C(=O)/C=C(\C)c1ccc2oc(C(=O)O)c(N)c2c1. The first kappa shape index (κ1) is 16.6. The van der Waals surface area contributed by atoms with Crippen LogP contribution in [0.15, 0.2) is 28.7 Å². The minimum Gasteiger partial charge on any atom is -0.475 e. The number of aromatic carboxylic acids is 1. The Labute approximate surface area is 134 Å². The predicted octanol–water partition coefficient (Wildman–Crippen LogP) is 2.98. The number of carboxylic acid groups (broad SMARTS) is 1. The van der Waals surface area contributed by atoms with Crippen molar-refractivity contribution < 1.29 is 19.1 Å². The van der Waals surface area contributed by atoms with Gasteiger partial charge in [0.15, 0.2) is 0 Å². The highest BCUT2D eigenvalue weighted by Crippen LogP contribution is 2.30. The van der Waals surface area contributed by atoms with Gasteiger partial charge in [0, 0.05) is 24.6 Å². The van der Waals surface area contributed by atoms with E-state index >= 15 is 0 Å². The number of nitrogen functional groups attached to an aromatic ring is 1. The minimum atomic E-state index is -1.20. The van der Waals surface area contributed by atoms with Crippen LogP contribution in [0.4, 0.5) is 5.69 Å². The molecule has 2 aromatic rings. The van der Waals surface area contributed by atoms with Crippen molar-refractivity contribution in [2.45, 2.75) is 20.8 Å². The summed E-state index contributed by atoms with van der Waals surface area (Å²) in [6.07, 6.45) is 1.57. The van der Waals surface area contributed by atoms with Gasteiger partial charge in [-0.1, -0.05) is 6.07 Å². The number of nitrogens with two attached hydrogens (primary N) is 1. The summed E-state index contributed by atoms with van der Waals surface area (Å²) in [5.41, 5.74) is 7.91. The summed E-state index contributed by atoms with van der Waals surface area (Å²) in [6, 6.07) is 5.17. The predicted molar refractivity (Wildman–Crippen MR) is 89.2 cm³/mol. The van der Waals surface area contributed by atoms with Crippen LogP contribution in [0.2, 0.25) is 0 Å². The topological polar surface area (TPSA) is 96.8 Å². The highest BCUT2D eigenvalue weighted by Gasteiger charge is 2.18. The average Bonchev–Trinajstić information content (AvgIpc) is 2.85. The summed E-state index contributed by atoms with van der Waals surface area (Å²) in [7, 11) is 0. The maximum Gasteiger partial charge on any atom is 0.374 e. The van der Waals surface area contributed by atoms with Crippen LogP contribution in [-0.4, -0.2) is 35.0 Å². The number of benzene rings is 1. The molecular weight excluding hydrogens is 296 g/mol. The summed E-state index contributed by atoms with van der Waals surface area (Å²) in [4.78, 5) is 24.9. The number of allylic oxidation sites excluding steroid dienone is 1. The summed E-state index contributed by atoms with van der Waals surface area (Å²) in [5.74, 6) is -1.53. The van der Waals surface area contributed by atoms with Crippen LogP contribution in [-0.2, 0) is 4.79 Å². The molecule has 0 bridgehead atoms. The fourth-order valence-electron chi connectivity index (χ4n) is 2.42. The second kappa shape index (κ2) is 6.56. The molecule has 6 heteroatoms. The van der Waals surface area contributed by atoms with Gasteiger partial charge < -0.3 is 20.2 Å². The maximum absolute atomic E-state index is 12.1. The van der Waals surface area contributed by atoms with Crippen LogP contribution in [0.25, 0.3) is 16.5 Å². The molecule has 23 heavy (non-hydrogen) atoms. The van der Waals surface area contributed by atoms with Crippen molar-refractivity contribution in [3.05, 3.63) is 35.6 Å². The summed E-state index contributed by atoms with van der Waals surface area (Å²) < 4.78 is 5.23. The Kier molecular flexibility index (Phi) is 4.74. The summed E-state index contributed by atoms with van der Waals surface area (Å²) in [6.45, 7) is 6.98.